The molecule has 0 atom stereocenters. The van der Waals surface area contributed by atoms with Gasteiger partial charge in [-0.2, -0.15) is 4.98 Å². The maximum atomic E-state index is 12.7. The molecule has 0 amide bonds. The van der Waals surface area contributed by atoms with E-state index >= 15 is 0 Å². The number of hydrogen-bond acceptors (Lipinski definition) is 8. The molecule has 0 spiro atoms. The summed E-state index contributed by atoms with van der Waals surface area (Å²) in [6, 6.07) is 21.1. The van der Waals surface area contributed by atoms with Gasteiger partial charge in [0.25, 0.3) is 15.9 Å². The van der Waals surface area contributed by atoms with Crippen LogP contribution in [0.1, 0.15) is 16.2 Å². The predicted octanol–water partition coefficient (Wildman–Crippen LogP) is 3.90. The van der Waals surface area contributed by atoms with Crippen LogP contribution in [-0.4, -0.2) is 31.6 Å². The highest BCUT2D eigenvalue weighted by molar-refractivity contribution is 7.92. The largest absolute Gasteiger partial charge is 0.497 e. The monoisotopic (exact) mass is 465 g/mol. The number of hydrogen-bond donors (Lipinski definition) is 1. The van der Waals surface area contributed by atoms with Crippen LogP contribution in [0.4, 0.5) is 5.69 Å². The summed E-state index contributed by atoms with van der Waals surface area (Å²) in [6.07, 6.45) is 0. The first-order valence-electron chi connectivity index (χ1n) is 9.77. The maximum Gasteiger partial charge on any atom is 0.338 e. The lowest BCUT2D eigenvalue weighted by Crippen LogP contribution is -2.14. The number of esters is 1. The Labute approximate surface area is 190 Å². The minimum atomic E-state index is -3.92. The van der Waals surface area contributed by atoms with Crippen LogP contribution in [0.3, 0.4) is 0 Å². The molecular weight excluding hydrogens is 446 g/mol. The minimum absolute atomic E-state index is 0.0652. The summed E-state index contributed by atoms with van der Waals surface area (Å²) in [5, 5.41) is 3.86. The zero-order valence-corrected chi connectivity index (χ0v) is 18.3. The van der Waals surface area contributed by atoms with E-state index in [4.69, 9.17) is 14.0 Å². The van der Waals surface area contributed by atoms with Crippen LogP contribution in [0.5, 0.6) is 5.75 Å². The van der Waals surface area contributed by atoms with E-state index in [0.717, 1.165) is 5.56 Å². The summed E-state index contributed by atoms with van der Waals surface area (Å²) >= 11 is 0. The molecule has 33 heavy (non-hydrogen) atoms. The summed E-state index contributed by atoms with van der Waals surface area (Å²) < 4.78 is 43.3. The van der Waals surface area contributed by atoms with Crippen molar-refractivity contribution in [2.45, 2.75) is 11.5 Å². The van der Waals surface area contributed by atoms with Crippen LogP contribution in [0.25, 0.3) is 11.4 Å². The van der Waals surface area contributed by atoms with Gasteiger partial charge in [-0.1, -0.05) is 41.6 Å². The number of rotatable bonds is 8. The number of carbonyl (C=O) groups is 1. The van der Waals surface area contributed by atoms with Gasteiger partial charge < -0.3 is 14.0 Å². The quantitative estimate of drug-likeness (QED) is 0.389. The van der Waals surface area contributed by atoms with Crippen molar-refractivity contribution in [1.82, 2.24) is 10.1 Å². The van der Waals surface area contributed by atoms with Gasteiger partial charge >= 0.3 is 5.97 Å². The van der Waals surface area contributed by atoms with Gasteiger partial charge in [0.2, 0.25) is 5.82 Å². The highest BCUT2D eigenvalue weighted by Gasteiger charge is 2.18. The molecule has 0 aliphatic carbocycles. The van der Waals surface area contributed by atoms with Gasteiger partial charge in [-0.3, -0.25) is 4.72 Å². The van der Waals surface area contributed by atoms with Crippen molar-refractivity contribution in [3.8, 4) is 17.1 Å². The van der Waals surface area contributed by atoms with Gasteiger partial charge in [-0.15, -0.1) is 0 Å². The van der Waals surface area contributed by atoms with E-state index in [1.165, 1.54) is 31.4 Å². The first-order valence-corrected chi connectivity index (χ1v) is 11.2. The van der Waals surface area contributed by atoms with Crippen LogP contribution in [-0.2, 0) is 21.4 Å². The Morgan fingerprint density at radius 2 is 1.76 bits per heavy atom. The number of aromatic nitrogens is 2. The van der Waals surface area contributed by atoms with E-state index in [1.807, 2.05) is 30.3 Å². The van der Waals surface area contributed by atoms with E-state index in [-0.39, 0.29) is 23.0 Å². The van der Waals surface area contributed by atoms with E-state index in [2.05, 4.69) is 14.9 Å². The van der Waals surface area contributed by atoms with Crippen molar-refractivity contribution >= 4 is 21.7 Å². The zero-order valence-electron chi connectivity index (χ0n) is 17.5. The molecule has 3 aromatic carbocycles. The molecule has 1 aromatic heterocycles. The Hall–Kier alpha value is -4.18. The number of methoxy groups -OCH3 is 1. The van der Waals surface area contributed by atoms with E-state index in [0.29, 0.717) is 17.3 Å². The van der Waals surface area contributed by atoms with Crippen LogP contribution >= 0.6 is 0 Å². The van der Waals surface area contributed by atoms with Gasteiger partial charge in [0.1, 0.15) is 5.75 Å². The summed E-state index contributed by atoms with van der Waals surface area (Å²) in [5.41, 5.74) is 1.19. The first-order chi connectivity index (χ1) is 15.9. The Morgan fingerprint density at radius 3 is 2.48 bits per heavy atom. The summed E-state index contributed by atoms with van der Waals surface area (Å²) in [5.74, 6) is 0.363. The molecule has 10 heteroatoms. The molecule has 1 heterocycles. The molecule has 1 N–H and O–H groups in total. The van der Waals surface area contributed by atoms with Gasteiger partial charge in [0, 0.05) is 11.3 Å². The van der Waals surface area contributed by atoms with Crippen molar-refractivity contribution in [3.05, 3.63) is 90.3 Å². The number of benzene rings is 3. The second-order valence-corrected chi connectivity index (χ2v) is 8.50. The minimum Gasteiger partial charge on any atom is -0.497 e. The van der Waals surface area contributed by atoms with Crippen molar-refractivity contribution in [2.24, 2.45) is 0 Å². The molecule has 4 aromatic rings. The van der Waals surface area contributed by atoms with Crippen LogP contribution in [0.15, 0.2) is 88.3 Å². The zero-order chi connectivity index (χ0) is 23.3. The lowest BCUT2D eigenvalue weighted by molar-refractivity contribution is 0.0429. The van der Waals surface area contributed by atoms with Crippen molar-refractivity contribution in [1.29, 1.82) is 0 Å². The van der Waals surface area contributed by atoms with Gasteiger partial charge in [-0.05, 0) is 42.5 Å². The Kier molecular flexibility index (Phi) is 6.36. The van der Waals surface area contributed by atoms with Crippen molar-refractivity contribution < 1.29 is 27.2 Å². The summed E-state index contributed by atoms with van der Waals surface area (Å²) in [6.45, 7) is -0.250. The molecule has 0 saturated heterocycles. The Balaban J connectivity index is 1.42. The third kappa shape index (κ3) is 5.36. The van der Waals surface area contributed by atoms with E-state index < -0.39 is 16.0 Å². The van der Waals surface area contributed by atoms with Crippen LogP contribution < -0.4 is 9.46 Å². The van der Waals surface area contributed by atoms with E-state index in [9.17, 15) is 13.2 Å². The van der Waals surface area contributed by atoms with Crippen molar-refractivity contribution in [3.63, 3.8) is 0 Å². The lowest BCUT2D eigenvalue weighted by Gasteiger charge is -2.10. The molecule has 9 nitrogen and oxygen atoms in total. The first kappa shape index (κ1) is 22.0. The van der Waals surface area contributed by atoms with Gasteiger partial charge in [0.05, 0.1) is 17.6 Å². The number of nitrogens with zero attached hydrogens (tertiary/aromatic N) is 2. The normalized spacial score (nSPS) is 11.1. The molecule has 0 bridgehead atoms. The SMILES string of the molecule is COc1ccc(NS(=O)(=O)c2cccc(C(=O)OCc3nc(-c4ccccc4)no3)c2)cc1. The summed E-state index contributed by atoms with van der Waals surface area (Å²) in [4.78, 5) is 16.6. The summed E-state index contributed by atoms with van der Waals surface area (Å²) in [7, 11) is -2.40. The molecular formula is C23H19N3O6S. The van der Waals surface area contributed by atoms with Crippen LogP contribution in [0.2, 0.25) is 0 Å². The average Bonchev–Trinajstić information content (AvgIpc) is 3.32. The molecule has 0 aliphatic heterocycles. The maximum absolute atomic E-state index is 12.7. The van der Waals surface area contributed by atoms with Gasteiger partial charge in [0.15, 0.2) is 6.61 Å². The van der Waals surface area contributed by atoms with Crippen LogP contribution in [0, 0.1) is 0 Å². The van der Waals surface area contributed by atoms with Crippen molar-refractivity contribution in [2.75, 3.05) is 11.8 Å². The molecule has 0 unspecified atom stereocenters. The second kappa shape index (κ2) is 9.53. The number of carbonyl (C=O) groups excluding carboxylic acids is 1. The molecule has 0 fully saturated rings. The number of ether oxygens (including phenoxy) is 2. The standard InChI is InChI=1S/C23H19N3O6S/c1-30-19-12-10-18(11-13-19)26-33(28,29)20-9-5-8-17(14-20)23(27)31-15-21-24-22(25-32-21)16-6-3-2-4-7-16/h2-14,26H,15H2,1H3. The number of nitrogens with one attached hydrogen (secondary N) is 1. The molecule has 0 aliphatic rings. The fraction of sp³-hybridized carbons (Fsp3) is 0.0870. The topological polar surface area (TPSA) is 121 Å². The second-order valence-electron chi connectivity index (χ2n) is 6.82. The smallest absolute Gasteiger partial charge is 0.338 e. The average molecular weight is 465 g/mol. The molecule has 4 rings (SSSR count). The number of anilines is 1. The highest BCUT2D eigenvalue weighted by Crippen LogP contribution is 2.21. The fourth-order valence-electron chi connectivity index (χ4n) is 2.89. The van der Waals surface area contributed by atoms with E-state index in [1.54, 1.807) is 24.3 Å². The number of sulfonamides is 1. The lowest BCUT2D eigenvalue weighted by atomic mass is 10.2. The van der Waals surface area contributed by atoms with Gasteiger partial charge in [-0.25, -0.2) is 13.2 Å². The molecule has 0 radical (unpaired) electrons. The Bertz CT molecular complexity index is 1350. The molecule has 168 valence electrons. The predicted molar refractivity (Wildman–Crippen MR) is 119 cm³/mol. The Morgan fingerprint density at radius 1 is 1.00 bits per heavy atom. The third-order valence-corrected chi connectivity index (χ3v) is 5.93. The fourth-order valence-corrected chi connectivity index (χ4v) is 4.00. The highest BCUT2D eigenvalue weighted by atomic mass is 32.2. The third-order valence-electron chi connectivity index (χ3n) is 4.55. The molecule has 0 saturated carbocycles.